The van der Waals surface area contributed by atoms with Gasteiger partial charge in [-0.15, -0.1) is 0 Å². The van der Waals surface area contributed by atoms with E-state index in [0.717, 1.165) is 23.6 Å². The number of aromatic nitrogens is 1. The Morgan fingerprint density at radius 1 is 1.11 bits per heavy atom. The van der Waals surface area contributed by atoms with Gasteiger partial charge in [0.1, 0.15) is 5.41 Å². The zero-order valence-corrected chi connectivity index (χ0v) is 16.1. The molecule has 2 heterocycles. The van der Waals surface area contributed by atoms with Gasteiger partial charge < -0.3 is 9.72 Å². The minimum absolute atomic E-state index is 0.252. The van der Waals surface area contributed by atoms with E-state index < -0.39 is 5.41 Å². The Labute approximate surface area is 159 Å². The highest BCUT2D eigenvalue weighted by Crippen LogP contribution is 2.60. The van der Waals surface area contributed by atoms with Crippen LogP contribution in [0.5, 0.6) is 0 Å². The van der Waals surface area contributed by atoms with E-state index in [4.69, 9.17) is 9.73 Å². The minimum Gasteiger partial charge on any atom is -0.480 e. The third-order valence-electron chi connectivity index (χ3n) is 6.40. The maximum Gasteiger partial charge on any atom is 0.204 e. The predicted molar refractivity (Wildman–Crippen MR) is 111 cm³/mol. The van der Waals surface area contributed by atoms with Crippen LogP contribution in [0.25, 0.3) is 10.9 Å². The van der Waals surface area contributed by atoms with Gasteiger partial charge in [-0.05, 0) is 30.2 Å². The molecule has 1 spiro atoms. The van der Waals surface area contributed by atoms with Crippen molar-refractivity contribution in [1.29, 1.82) is 0 Å². The quantitative estimate of drug-likeness (QED) is 0.568. The first-order chi connectivity index (χ1) is 13.0. The van der Waals surface area contributed by atoms with Crippen molar-refractivity contribution in [2.24, 2.45) is 4.99 Å². The molecule has 2 aromatic carbocycles. The number of ether oxygens (including phenoxy) is 1. The molecule has 136 valence electrons. The van der Waals surface area contributed by atoms with Crippen molar-refractivity contribution in [2.75, 3.05) is 6.61 Å². The summed E-state index contributed by atoms with van der Waals surface area (Å²) in [5.74, 6) is 0.789. The summed E-state index contributed by atoms with van der Waals surface area (Å²) in [6, 6.07) is 17.0. The van der Waals surface area contributed by atoms with Gasteiger partial charge in [0.2, 0.25) is 5.90 Å². The van der Waals surface area contributed by atoms with Crippen LogP contribution < -0.4 is 0 Å². The highest BCUT2D eigenvalue weighted by molar-refractivity contribution is 6.03. The highest BCUT2D eigenvalue weighted by Gasteiger charge is 2.61. The van der Waals surface area contributed by atoms with E-state index in [2.05, 4.69) is 67.9 Å². The maximum absolute atomic E-state index is 6.17. The molecule has 3 aromatic rings. The molecule has 0 bridgehead atoms. The van der Waals surface area contributed by atoms with Gasteiger partial charge in [0.25, 0.3) is 0 Å². The summed E-state index contributed by atoms with van der Waals surface area (Å²) in [6.45, 7) is 11.8. The van der Waals surface area contributed by atoms with E-state index in [1.165, 1.54) is 27.7 Å². The van der Waals surface area contributed by atoms with E-state index in [-0.39, 0.29) is 5.41 Å². The standard InChI is InChI=1S/C24H24N2O/c1-5-27-22-24(17-11-7-9-13-19(17)26-22)15(2)14-20-21(23(24,3)4)16-10-6-8-12-18(16)25-20/h6-13,25H,2,5,14H2,1,3-4H3/t24-/m1/s1. The normalized spacial score (nSPS) is 22.6. The molecule has 0 saturated heterocycles. The molecular weight excluding hydrogens is 332 g/mol. The van der Waals surface area contributed by atoms with Crippen LogP contribution in [0.2, 0.25) is 0 Å². The van der Waals surface area contributed by atoms with Crippen molar-refractivity contribution < 1.29 is 4.74 Å². The molecule has 3 heteroatoms. The van der Waals surface area contributed by atoms with Crippen LogP contribution in [0.4, 0.5) is 5.69 Å². The number of H-pyrrole nitrogens is 1. The van der Waals surface area contributed by atoms with Crippen molar-refractivity contribution >= 4 is 22.5 Å². The Morgan fingerprint density at radius 2 is 1.85 bits per heavy atom. The lowest BCUT2D eigenvalue weighted by atomic mass is 9.52. The van der Waals surface area contributed by atoms with E-state index in [9.17, 15) is 0 Å². The summed E-state index contributed by atoms with van der Waals surface area (Å²) in [6.07, 6.45) is 0.799. The number of nitrogens with zero attached hydrogens (tertiary/aromatic N) is 1. The molecule has 1 atom stereocenters. The molecule has 1 aromatic heterocycles. The van der Waals surface area contributed by atoms with Crippen LogP contribution in [0.3, 0.4) is 0 Å². The number of hydrogen-bond acceptors (Lipinski definition) is 2. The van der Waals surface area contributed by atoms with Crippen LogP contribution >= 0.6 is 0 Å². The zero-order chi connectivity index (χ0) is 18.8. The minimum atomic E-state index is -0.447. The second-order valence-corrected chi connectivity index (χ2v) is 8.05. The maximum atomic E-state index is 6.17. The fourth-order valence-electron chi connectivity index (χ4n) is 5.44. The Morgan fingerprint density at radius 3 is 2.67 bits per heavy atom. The smallest absolute Gasteiger partial charge is 0.204 e. The Kier molecular flexibility index (Phi) is 3.24. The third kappa shape index (κ3) is 1.84. The van der Waals surface area contributed by atoms with Crippen LogP contribution in [-0.2, 0) is 22.0 Å². The SMILES string of the molecule is C=C1Cc2[nH]c3ccccc3c2C(C)(C)[C@]12C(OCC)=Nc1ccccc12. The molecule has 1 aliphatic heterocycles. The van der Waals surface area contributed by atoms with Gasteiger partial charge in [0.15, 0.2) is 0 Å². The van der Waals surface area contributed by atoms with E-state index in [0.29, 0.717) is 6.61 Å². The van der Waals surface area contributed by atoms with Crippen molar-refractivity contribution in [3.8, 4) is 0 Å². The van der Waals surface area contributed by atoms with Gasteiger partial charge in [0, 0.05) is 28.4 Å². The number of fused-ring (bicyclic) bond motifs is 5. The van der Waals surface area contributed by atoms with Crippen molar-refractivity contribution in [1.82, 2.24) is 4.98 Å². The number of aliphatic imine (C=N–C) groups is 1. The molecule has 5 rings (SSSR count). The molecular formula is C24H24N2O. The summed E-state index contributed by atoms with van der Waals surface area (Å²) < 4.78 is 6.17. The first kappa shape index (κ1) is 16.4. The first-order valence-corrected chi connectivity index (χ1v) is 9.61. The highest BCUT2D eigenvalue weighted by atomic mass is 16.5. The summed E-state index contributed by atoms with van der Waals surface area (Å²) >= 11 is 0. The number of aromatic amines is 1. The van der Waals surface area contributed by atoms with Crippen LogP contribution in [0.15, 0.2) is 65.7 Å². The van der Waals surface area contributed by atoms with Crippen LogP contribution in [0, 0.1) is 0 Å². The monoisotopic (exact) mass is 356 g/mol. The summed E-state index contributed by atoms with van der Waals surface area (Å²) in [4.78, 5) is 8.56. The molecule has 0 radical (unpaired) electrons. The summed E-state index contributed by atoms with van der Waals surface area (Å²) in [5.41, 5.74) is 6.45. The largest absolute Gasteiger partial charge is 0.480 e. The number of para-hydroxylation sites is 2. The Balaban J connectivity index is 1.87. The average Bonchev–Trinajstić information content (AvgIpc) is 3.17. The van der Waals surface area contributed by atoms with Crippen molar-refractivity contribution in [2.45, 2.75) is 38.0 Å². The predicted octanol–water partition coefficient (Wildman–Crippen LogP) is 5.58. The van der Waals surface area contributed by atoms with Crippen molar-refractivity contribution in [3.05, 3.63) is 77.5 Å². The van der Waals surface area contributed by atoms with Gasteiger partial charge in [0.05, 0.1) is 12.3 Å². The van der Waals surface area contributed by atoms with E-state index in [1.54, 1.807) is 0 Å². The molecule has 27 heavy (non-hydrogen) atoms. The molecule has 0 fully saturated rings. The molecule has 1 aliphatic carbocycles. The van der Waals surface area contributed by atoms with Gasteiger partial charge in [-0.1, -0.05) is 62.4 Å². The zero-order valence-electron chi connectivity index (χ0n) is 16.1. The summed E-state index contributed by atoms with van der Waals surface area (Å²) in [5, 5.41) is 1.28. The fourth-order valence-corrected chi connectivity index (χ4v) is 5.44. The Bertz CT molecular complexity index is 1120. The number of benzene rings is 2. The number of hydrogen-bond donors (Lipinski definition) is 1. The molecule has 0 unspecified atom stereocenters. The van der Waals surface area contributed by atoms with Gasteiger partial charge in [-0.2, -0.15) is 0 Å². The van der Waals surface area contributed by atoms with E-state index >= 15 is 0 Å². The molecule has 2 aliphatic rings. The van der Waals surface area contributed by atoms with Gasteiger partial charge >= 0.3 is 0 Å². The molecule has 1 N–H and O–H groups in total. The van der Waals surface area contributed by atoms with E-state index in [1.807, 2.05) is 13.0 Å². The van der Waals surface area contributed by atoms with Crippen LogP contribution in [-0.4, -0.2) is 17.5 Å². The second-order valence-electron chi connectivity index (χ2n) is 8.05. The lowest BCUT2D eigenvalue weighted by Crippen LogP contribution is -2.54. The second kappa shape index (κ2) is 5.35. The number of rotatable bonds is 1. The Hall–Kier alpha value is -2.81. The van der Waals surface area contributed by atoms with Gasteiger partial charge in [-0.25, -0.2) is 4.99 Å². The summed E-state index contributed by atoms with van der Waals surface area (Å²) in [7, 11) is 0. The third-order valence-corrected chi connectivity index (χ3v) is 6.40. The molecule has 3 nitrogen and oxygen atoms in total. The lowest BCUT2D eigenvalue weighted by Gasteiger charge is -2.49. The average molecular weight is 356 g/mol. The molecule has 0 amide bonds. The first-order valence-electron chi connectivity index (χ1n) is 9.61. The fraction of sp³-hybridized carbons (Fsp3) is 0.292. The molecule has 0 saturated carbocycles. The van der Waals surface area contributed by atoms with Crippen LogP contribution in [0.1, 0.15) is 37.6 Å². The topological polar surface area (TPSA) is 37.4 Å². The van der Waals surface area contributed by atoms with Gasteiger partial charge in [-0.3, -0.25) is 0 Å². The van der Waals surface area contributed by atoms with Crippen molar-refractivity contribution in [3.63, 3.8) is 0 Å². The number of nitrogens with one attached hydrogen (secondary N) is 1. The lowest BCUT2D eigenvalue weighted by molar-refractivity contribution is 0.257.